The molecule has 2 rings (SSSR count). The molecule has 0 bridgehead atoms. The Morgan fingerprint density at radius 3 is 2.10 bits per heavy atom. The molecule has 0 amide bonds. The molecule has 41 heavy (non-hydrogen) atoms. The van der Waals surface area contributed by atoms with Crippen molar-refractivity contribution in [1.29, 1.82) is 0 Å². The first-order valence-electron chi connectivity index (χ1n) is 12.4. The molecule has 1 aromatic heterocycles. The van der Waals surface area contributed by atoms with Gasteiger partial charge in [-0.15, -0.1) is 0 Å². The van der Waals surface area contributed by atoms with Gasteiger partial charge in [-0.3, -0.25) is 14.2 Å². The number of nitrogen functional groups attached to an aromatic ring is 1. The number of carbonyl (C=O) groups is 2. The van der Waals surface area contributed by atoms with Crippen LogP contribution in [0, 0.1) is 5.82 Å². The number of ether oxygens (including phenoxy) is 3. The minimum absolute atomic E-state index is 0.271. The number of anilines is 1. The largest absolute Gasteiger partial charge is 0.462 e. The van der Waals surface area contributed by atoms with Crippen LogP contribution in [0.15, 0.2) is 11.0 Å². The average Bonchev–Trinajstić information content (AvgIpc) is 3.10. The number of hydrogen-bond acceptors (Lipinski definition) is 11. The second kappa shape index (κ2) is 13.8. The molecule has 0 radical (unpaired) electrons. The van der Waals surface area contributed by atoms with Gasteiger partial charge in [0.2, 0.25) is 0 Å². The number of aliphatic hydroxyl groups is 1. The Hall–Kier alpha value is -2.21. The number of nitrogens with zero attached hydrogens (tertiary/aromatic N) is 2. The van der Waals surface area contributed by atoms with Crippen LogP contribution < -0.4 is 21.6 Å². The van der Waals surface area contributed by atoms with E-state index in [0.717, 1.165) is 0 Å². The smallest absolute Gasteiger partial charge is 0.351 e. The van der Waals surface area contributed by atoms with Crippen LogP contribution in [0.1, 0.15) is 47.8 Å². The molecule has 2 heterocycles. The molecule has 5 N–H and O–H groups in total. The molecule has 0 saturated carbocycles. The summed E-state index contributed by atoms with van der Waals surface area (Å²) in [7, 11) is 0. The third-order valence-corrected chi connectivity index (χ3v) is 8.48. The molecule has 6 atom stereocenters. The molecule has 13 nitrogen and oxygen atoms in total. The second-order valence-corrected chi connectivity index (χ2v) is 13.2. The molecule has 1 fully saturated rings. The number of nitrogens with one attached hydrogen (secondary N) is 2. The Morgan fingerprint density at radius 1 is 1.17 bits per heavy atom. The van der Waals surface area contributed by atoms with Crippen LogP contribution in [-0.4, -0.2) is 81.8 Å². The second-order valence-electron chi connectivity index (χ2n) is 9.82. The van der Waals surface area contributed by atoms with E-state index < -0.39 is 97.3 Å². The van der Waals surface area contributed by atoms with Crippen molar-refractivity contribution in [3.63, 3.8) is 0 Å². The summed E-state index contributed by atoms with van der Waals surface area (Å²) in [6.45, 7) is 3.73. The van der Waals surface area contributed by atoms with Gasteiger partial charge in [-0.2, -0.15) is 4.98 Å². The fraction of sp³-hybridized carbons (Fsp3) is 0.727. The van der Waals surface area contributed by atoms with Crippen LogP contribution in [0.3, 0.4) is 0 Å². The molecule has 234 valence electrons. The monoisotopic (exact) mass is 635 g/mol. The van der Waals surface area contributed by atoms with Crippen molar-refractivity contribution in [3.05, 3.63) is 22.5 Å². The molecule has 1 aliphatic rings. The number of alkyl halides is 3. The lowest BCUT2D eigenvalue weighted by molar-refractivity contribution is -0.182. The van der Waals surface area contributed by atoms with E-state index in [1.807, 2.05) is 0 Å². The number of rotatable bonds is 13. The van der Waals surface area contributed by atoms with Crippen molar-refractivity contribution < 1.29 is 51.0 Å². The van der Waals surface area contributed by atoms with Gasteiger partial charge in [0.05, 0.1) is 25.0 Å². The van der Waals surface area contributed by atoms with Crippen LogP contribution in [0.4, 0.5) is 23.4 Å². The third-order valence-electron chi connectivity index (χ3n) is 5.59. The van der Waals surface area contributed by atoms with Crippen LogP contribution >= 0.6 is 6.57 Å². The van der Waals surface area contributed by atoms with Crippen molar-refractivity contribution in [2.75, 3.05) is 12.3 Å². The number of aromatic nitrogens is 2. The topological polar surface area (TPSA) is 176 Å². The molecule has 1 aliphatic heterocycles. The maximum absolute atomic E-state index is 15.4. The normalized spacial score (nSPS) is 24.6. The molecule has 19 heteroatoms. The number of nitrogens with two attached hydrogens (primary N) is 1. The van der Waals surface area contributed by atoms with Gasteiger partial charge in [0.1, 0.15) is 18.2 Å². The maximum Gasteiger partial charge on any atom is 0.351 e. The SMILES string of the molecule is CC(C)OC(=O)[C@H](C)NP(=S)(N[C@@H](C)C(=O)OC(C)C)OC[C@@]1(C(F)F)O[C@@H](n2cc(F)c(N)nc2=O)[C@H](O)[C@H]1F. The molecule has 1 saturated heterocycles. The Labute approximate surface area is 238 Å². The predicted molar refractivity (Wildman–Crippen MR) is 141 cm³/mol. The van der Waals surface area contributed by atoms with Gasteiger partial charge in [0, 0.05) is 0 Å². The van der Waals surface area contributed by atoms with Crippen molar-refractivity contribution in [2.24, 2.45) is 0 Å². The summed E-state index contributed by atoms with van der Waals surface area (Å²) in [6.07, 6.45) is -11.8. The van der Waals surface area contributed by atoms with E-state index >= 15 is 4.39 Å². The van der Waals surface area contributed by atoms with E-state index in [2.05, 4.69) is 15.2 Å². The average molecular weight is 636 g/mol. The lowest BCUT2D eigenvalue weighted by atomic mass is 9.98. The first-order valence-corrected chi connectivity index (χ1v) is 15.1. The molecular formula is C22H34F4N5O8PS. The summed E-state index contributed by atoms with van der Waals surface area (Å²) in [6, 6.07) is -2.39. The first-order chi connectivity index (χ1) is 18.8. The number of esters is 2. The minimum atomic E-state index is -3.91. The number of aliphatic hydroxyl groups excluding tert-OH is 1. The van der Waals surface area contributed by atoms with Crippen LogP contribution in [0.25, 0.3) is 0 Å². The Balaban J connectivity index is 2.41. The van der Waals surface area contributed by atoms with E-state index in [0.29, 0.717) is 6.20 Å². The Kier molecular flexibility index (Phi) is 11.8. The highest BCUT2D eigenvalue weighted by Crippen LogP contribution is 2.47. The fourth-order valence-corrected chi connectivity index (χ4v) is 6.53. The van der Waals surface area contributed by atoms with Crippen molar-refractivity contribution in [3.8, 4) is 0 Å². The Morgan fingerprint density at radius 2 is 1.66 bits per heavy atom. The van der Waals surface area contributed by atoms with Crippen LogP contribution in [-0.2, 0) is 40.1 Å². The lowest BCUT2D eigenvalue weighted by Crippen LogP contribution is -2.52. The summed E-state index contributed by atoms with van der Waals surface area (Å²) in [5.41, 5.74) is 0.669. The Bertz CT molecular complexity index is 1180. The van der Waals surface area contributed by atoms with Gasteiger partial charge >= 0.3 is 17.6 Å². The molecule has 0 aliphatic carbocycles. The van der Waals surface area contributed by atoms with Gasteiger partial charge in [0.25, 0.3) is 6.43 Å². The number of carbonyl (C=O) groups excluding carboxylic acids is 2. The van der Waals surface area contributed by atoms with Gasteiger partial charge in [-0.05, 0) is 53.3 Å². The zero-order valence-electron chi connectivity index (χ0n) is 23.0. The number of hydrogen-bond donors (Lipinski definition) is 4. The summed E-state index contributed by atoms with van der Waals surface area (Å²) in [5.74, 6) is -3.66. The maximum atomic E-state index is 15.4. The molecule has 0 spiro atoms. The third kappa shape index (κ3) is 8.43. The lowest BCUT2D eigenvalue weighted by Gasteiger charge is -2.35. The van der Waals surface area contributed by atoms with Gasteiger partial charge in [0.15, 0.2) is 36.2 Å². The first kappa shape index (κ1) is 35.0. The van der Waals surface area contributed by atoms with E-state index in [9.17, 15) is 32.7 Å². The molecule has 0 unspecified atom stereocenters. The van der Waals surface area contributed by atoms with Crippen LogP contribution in [0.2, 0.25) is 0 Å². The van der Waals surface area contributed by atoms with Gasteiger partial charge < -0.3 is 29.6 Å². The van der Waals surface area contributed by atoms with Crippen molar-refractivity contribution in [2.45, 2.75) is 96.4 Å². The van der Waals surface area contributed by atoms with E-state index in [-0.39, 0.29) is 4.57 Å². The highest BCUT2D eigenvalue weighted by atomic mass is 32.4. The summed E-state index contributed by atoms with van der Waals surface area (Å²) < 4.78 is 79.4. The summed E-state index contributed by atoms with van der Waals surface area (Å²) >= 11 is 5.47. The zero-order valence-corrected chi connectivity index (χ0v) is 24.8. The summed E-state index contributed by atoms with van der Waals surface area (Å²) in [5, 5.41) is 15.6. The number of halogens is 4. The van der Waals surface area contributed by atoms with E-state index in [1.54, 1.807) is 27.7 Å². The van der Waals surface area contributed by atoms with Crippen LogP contribution in [0.5, 0.6) is 0 Å². The fourth-order valence-electron chi connectivity index (χ4n) is 3.59. The summed E-state index contributed by atoms with van der Waals surface area (Å²) in [4.78, 5) is 40.2. The minimum Gasteiger partial charge on any atom is -0.462 e. The van der Waals surface area contributed by atoms with Crippen molar-refractivity contribution in [1.82, 2.24) is 19.7 Å². The van der Waals surface area contributed by atoms with Gasteiger partial charge in [-0.25, -0.2) is 32.5 Å². The van der Waals surface area contributed by atoms with E-state index in [1.165, 1.54) is 13.8 Å². The van der Waals surface area contributed by atoms with Gasteiger partial charge in [-0.1, -0.05) is 0 Å². The zero-order chi connectivity index (χ0) is 31.4. The molecule has 1 aromatic rings. The molecular weight excluding hydrogens is 601 g/mol. The van der Waals surface area contributed by atoms with Crippen molar-refractivity contribution >= 4 is 36.1 Å². The van der Waals surface area contributed by atoms with E-state index in [4.69, 9.17) is 36.3 Å². The predicted octanol–water partition coefficient (Wildman–Crippen LogP) is 1.30. The molecule has 0 aromatic carbocycles. The standard InChI is InChI=1S/C22H34F4N5O8PS/c1-9(2)37-18(33)11(5)29-40(41,30-12(6)19(34)38-10(3)4)36-8-22(20(25)26)15(24)14(32)17(39-22)31-7-13(23)16(27)28-21(31)35/h7,9-12,14-15,17,20,32H,8H2,1-6H3,(H2,27,28,35)(H2,29,30,41)/t11-,12-,14+,15+,17+,22+/m0/s1. The quantitative estimate of drug-likeness (QED) is 0.139. The highest BCUT2D eigenvalue weighted by molar-refractivity contribution is 8.10. The highest BCUT2D eigenvalue weighted by Gasteiger charge is 2.62.